The number of thiazole rings is 1. The van der Waals surface area contributed by atoms with Crippen molar-refractivity contribution >= 4 is 11.3 Å². The minimum absolute atomic E-state index is 0.0162. The molecule has 1 aromatic heterocycles. The summed E-state index contributed by atoms with van der Waals surface area (Å²) in [5.74, 6) is 0. The van der Waals surface area contributed by atoms with Gasteiger partial charge < -0.3 is 19.3 Å². The van der Waals surface area contributed by atoms with E-state index in [1.54, 1.807) is 11.3 Å². The van der Waals surface area contributed by atoms with Gasteiger partial charge in [0.05, 0.1) is 32.0 Å². The van der Waals surface area contributed by atoms with Gasteiger partial charge in [-0.3, -0.25) is 4.90 Å². The van der Waals surface area contributed by atoms with Gasteiger partial charge in [-0.2, -0.15) is 0 Å². The van der Waals surface area contributed by atoms with Crippen LogP contribution in [0.25, 0.3) is 0 Å². The van der Waals surface area contributed by atoms with Crippen LogP contribution in [0.5, 0.6) is 0 Å². The third-order valence-corrected chi connectivity index (χ3v) is 5.22. The third-order valence-electron chi connectivity index (χ3n) is 4.17. The summed E-state index contributed by atoms with van der Waals surface area (Å²) >= 11 is 1.64. The largest absolute Gasteiger partial charge is 0.389 e. The molecule has 7 heteroatoms. The van der Waals surface area contributed by atoms with Crippen LogP contribution in [0.3, 0.4) is 0 Å². The fourth-order valence-electron chi connectivity index (χ4n) is 3.00. The van der Waals surface area contributed by atoms with Crippen molar-refractivity contribution in [2.45, 2.75) is 38.1 Å². The van der Waals surface area contributed by atoms with Crippen LogP contribution in [0, 0.1) is 6.92 Å². The lowest BCUT2D eigenvalue weighted by Crippen LogP contribution is -2.43. The number of nitrogens with zero attached hydrogens (tertiary/aromatic N) is 2. The fourth-order valence-corrected chi connectivity index (χ4v) is 3.83. The van der Waals surface area contributed by atoms with Crippen molar-refractivity contribution in [1.82, 2.24) is 9.88 Å². The second-order valence-electron chi connectivity index (χ2n) is 6.27. The van der Waals surface area contributed by atoms with Gasteiger partial charge in [0.1, 0.15) is 11.1 Å². The number of aliphatic hydroxyl groups is 1. The molecule has 1 aromatic rings. The molecule has 2 aliphatic heterocycles. The summed E-state index contributed by atoms with van der Waals surface area (Å²) in [5.41, 5.74) is 1.04. The Morgan fingerprint density at radius 3 is 3.13 bits per heavy atom. The zero-order chi connectivity index (χ0) is 16.1. The van der Waals surface area contributed by atoms with E-state index in [0.29, 0.717) is 26.4 Å². The lowest BCUT2D eigenvalue weighted by atomic mass is 10.2. The van der Waals surface area contributed by atoms with Crippen molar-refractivity contribution in [3.8, 4) is 0 Å². The molecule has 2 aliphatic rings. The highest BCUT2D eigenvalue weighted by molar-refractivity contribution is 7.09. The summed E-state index contributed by atoms with van der Waals surface area (Å²) in [6, 6.07) is 0. The summed E-state index contributed by atoms with van der Waals surface area (Å²) in [6.07, 6.45) is 1.93. The molecule has 130 valence electrons. The van der Waals surface area contributed by atoms with E-state index in [-0.39, 0.29) is 12.2 Å². The van der Waals surface area contributed by atoms with Crippen LogP contribution in [0.4, 0.5) is 0 Å². The Morgan fingerprint density at radius 2 is 2.39 bits per heavy atom. The molecule has 0 saturated carbocycles. The van der Waals surface area contributed by atoms with E-state index in [9.17, 15) is 5.11 Å². The first-order chi connectivity index (χ1) is 11.2. The van der Waals surface area contributed by atoms with Gasteiger partial charge in [-0.25, -0.2) is 4.98 Å². The van der Waals surface area contributed by atoms with Gasteiger partial charge in [0.25, 0.3) is 0 Å². The lowest BCUT2D eigenvalue weighted by Gasteiger charge is -2.33. The highest BCUT2D eigenvalue weighted by Gasteiger charge is 2.25. The number of morpholine rings is 1. The van der Waals surface area contributed by atoms with Gasteiger partial charge in [0, 0.05) is 37.3 Å². The van der Waals surface area contributed by atoms with Gasteiger partial charge in [-0.05, 0) is 19.8 Å². The second-order valence-corrected chi connectivity index (χ2v) is 7.16. The maximum Gasteiger partial charge on any atom is 0.123 e. The molecule has 0 aliphatic carbocycles. The van der Waals surface area contributed by atoms with E-state index >= 15 is 0 Å². The first kappa shape index (κ1) is 17.3. The minimum atomic E-state index is -0.479. The molecule has 3 heterocycles. The van der Waals surface area contributed by atoms with Gasteiger partial charge in [0.15, 0.2) is 0 Å². The number of β-amino-alcohol motifs (C(OH)–C–C–N with tert-alkyl or cyclic N) is 1. The van der Waals surface area contributed by atoms with E-state index in [1.165, 1.54) is 0 Å². The van der Waals surface area contributed by atoms with Crippen molar-refractivity contribution in [2.24, 2.45) is 0 Å². The number of ether oxygens (including phenoxy) is 3. The number of hydrogen-bond donors (Lipinski definition) is 1. The van der Waals surface area contributed by atoms with Gasteiger partial charge in [-0.1, -0.05) is 0 Å². The maximum atomic E-state index is 10.2. The van der Waals surface area contributed by atoms with Crippen LogP contribution in [0.2, 0.25) is 0 Å². The second kappa shape index (κ2) is 8.50. The van der Waals surface area contributed by atoms with E-state index in [4.69, 9.17) is 14.2 Å². The van der Waals surface area contributed by atoms with Crippen LogP contribution in [-0.4, -0.2) is 73.3 Å². The van der Waals surface area contributed by atoms with Gasteiger partial charge in [0.2, 0.25) is 0 Å². The van der Waals surface area contributed by atoms with E-state index in [1.807, 2.05) is 12.3 Å². The topological polar surface area (TPSA) is 64.1 Å². The molecule has 0 unspecified atom stereocenters. The first-order valence-electron chi connectivity index (χ1n) is 8.34. The lowest BCUT2D eigenvalue weighted by molar-refractivity contribution is -0.0594. The maximum absolute atomic E-state index is 10.2. The smallest absolute Gasteiger partial charge is 0.123 e. The van der Waals surface area contributed by atoms with Crippen LogP contribution in [-0.2, 0) is 14.2 Å². The molecule has 23 heavy (non-hydrogen) atoms. The predicted octanol–water partition coefficient (Wildman–Crippen LogP) is 1.38. The van der Waals surface area contributed by atoms with E-state index in [2.05, 4.69) is 9.88 Å². The molecular formula is C16H26N2O4S. The Labute approximate surface area is 141 Å². The minimum Gasteiger partial charge on any atom is -0.389 e. The summed E-state index contributed by atoms with van der Waals surface area (Å²) in [5, 5.41) is 13.2. The number of aliphatic hydroxyl groups excluding tert-OH is 1. The Balaban J connectivity index is 1.38. The molecule has 0 aromatic carbocycles. The molecule has 0 spiro atoms. The highest BCUT2D eigenvalue weighted by Crippen LogP contribution is 2.25. The zero-order valence-electron chi connectivity index (χ0n) is 13.6. The number of aromatic nitrogens is 1. The first-order valence-corrected chi connectivity index (χ1v) is 9.22. The van der Waals surface area contributed by atoms with Crippen LogP contribution < -0.4 is 0 Å². The zero-order valence-corrected chi connectivity index (χ0v) is 14.5. The van der Waals surface area contributed by atoms with E-state index < -0.39 is 6.10 Å². The highest BCUT2D eigenvalue weighted by atomic mass is 32.1. The van der Waals surface area contributed by atoms with Crippen LogP contribution in [0.15, 0.2) is 5.38 Å². The van der Waals surface area contributed by atoms with Crippen molar-refractivity contribution in [1.29, 1.82) is 0 Å². The Morgan fingerprint density at radius 1 is 1.48 bits per heavy atom. The number of aryl methyl sites for hydroxylation is 1. The van der Waals surface area contributed by atoms with Gasteiger partial charge in [-0.15, -0.1) is 11.3 Å². The van der Waals surface area contributed by atoms with Crippen LogP contribution in [0.1, 0.15) is 29.6 Å². The van der Waals surface area contributed by atoms with Crippen LogP contribution >= 0.6 is 11.3 Å². The molecule has 2 saturated heterocycles. The molecule has 1 N–H and O–H groups in total. The van der Waals surface area contributed by atoms with Crippen molar-refractivity contribution < 1.29 is 19.3 Å². The predicted molar refractivity (Wildman–Crippen MR) is 87.8 cm³/mol. The molecule has 0 radical (unpaired) electrons. The fraction of sp³-hybridized carbons (Fsp3) is 0.812. The standard InChI is InChI=1S/C16H26N2O4S/c1-12-11-23-16(17-12)15-8-18(4-6-22-15)7-13(19)9-20-10-14-3-2-5-21-14/h11,13-15,19H,2-10H2,1H3/t13-,14-,15-/m0/s1. The quantitative estimate of drug-likeness (QED) is 0.808. The molecule has 0 amide bonds. The molecule has 6 nitrogen and oxygen atoms in total. The van der Waals surface area contributed by atoms with Crippen molar-refractivity contribution in [3.63, 3.8) is 0 Å². The molecule has 2 fully saturated rings. The molecule has 3 rings (SSSR count). The summed E-state index contributed by atoms with van der Waals surface area (Å²) < 4.78 is 16.9. The molecular weight excluding hydrogens is 316 g/mol. The summed E-state index contributed by atoms with van der Waals surface area (Å²) in [6.45, 7) is 6.67. The Bertz CT molecular complexity index is 478. The Hall–Kier alpha value is -0.570. The average molecular weight is 342 g/mol. The molecule has 0 bridgehead atoms. The number of hydrogen-bond acceptors (Lipinski definition) is 7. The summed E-state index contributed by atoms with van der Waals surface area (Å²) in [4.78, 5) is 6.73. The number of rotatable bonds is 7. The summed E-state index contributed by atoms with van der Waals surface area (Å²) in [7, 11) is 0. The average Bonchev–Trinajstić information content (AvgIpc) is 3.19. The Kier molecular flexibility index (Phi) is 6.38. The monoisotopic (exact) mass is 342 g/mol. The SMILES string of the molecule is Cc1csc([C@@H]2CN(C[C@H](O)COC[C@@H]3CCCO3)CCO2)n1. The van der Waals surface area contributed by atoms with E-state index in [0.717, 1.165) is 43.2 Å². The van der Waals surface area contributed by atoms with Crippen molar-refractivity contribution in [3.05, 3.63) is 16.1 Å². The third kappa shape index (κ3) is 5.20. The van der Waals surface area contributed by atoms with Crippen molar-refractivity contribution in [2.75, 3.05) is 46.1 Å². The normalized spacial score (nSPS) is 27.4. The molecule has 3 atom stereocenters. The van der Waals surface area contributed by atoms with Gasteiger partial charge >= 0.3 is 0 Å².